The lowest BCUT2D eigenvalue weighted by atomic mass is 10.3. The number of nitrogens with zero attached hydrogens (tertiary/aromatic N) is 2. The molecule has 1 N–H and O–H groups in total. The minimum Gasteiger partial charge on any atom is -0.372 e. The quantitative estimate of drug-likeness (QED) is 0.745. The Labute approximate surface area is 88.7 Å². The van der Waals surface area contributed by atoms with Crippen LogP contribution in [0, 0.1) is 0 Å². The minimum absolute atomic E-state index is 0.135. The first-order valence-corrected chi connectivity index (χ1v) is 5.00. The molecule has 1 saturated heterocycles. The zero-order valence-electron chi connectivity index (χ0n) is 8.63. The van der Waals surface area contributed by atoms with Crippen molar-refractivity contribution in [3.63, 3.8) is 0 Å². The van der Waals surface area contributed by atoms with E-state index in [9.17, 15) is 9.90 Å². The molecule has 80 valence electrons. The largest absolute Gasteiger partial charge is 0.372 e. The van der Waals surface area contributed by atoms with E-state index in [1.54, 1.807) is 0 Å². The Morgan fingerprint density at radius 1 is 1.40 bits per heavy atom. The van der Waals surface area contributed by atoms with Gasteiger partial charge in [0.1, 0.15) is 6.23 Å². The van der Waals surface area contributed by atoms with Crippen LogP contribution in [-0.2, 0) is 4.79 Å². The number of carbonyl (C=O) groups is 1. The summed E-state index contributed by atoms with van der Waals surface area (Å²) in [6.45, 7) is 2.13. The molecule has 0 aromatic heterocycles. The van der Waals surface area contributed by atoms with Crippen LogP contribution in [0.3, 0.4) is 0 Å². The molecule has 1 amide bonds. The molecule has 1 aromatic rings. The molecule has 0 radical (unpaired) electrons. The molecule has 2 rings (SSSR count). The third-order valence-electron chi connectivity index (χ3n) is 2.52. The van der Waals surface area contributed by atoms with Gasteiger partial charge < -0.3 is 5.11 Å². The molecule has 1 aromatic carbocycles. The predicted octanol–water partition coefficient (Wildman–Crippen LogP) is 0.979. The number of para-hydroxylation sites is 1. The third-order valence-corrected chi connectivity index (χ3v) is 2.52. The smallest absolute Gasteiger partial charge is 0.240 e. The second-order valence-corrected chi connectivity index (χ2v) is 3.59. The van der Waals surface area contributed by atoms with Gasteiger partial charge >= 0.3 is 0 Å². The molecule has 0 aliphatic carbocycles. The summed E-state index contributed by atoms with van der Waals surface area (Å²) < 4.78 is 0. The van der Waals surface area contributed by atoms with Crippen molar-refractivity contribution in [3.8, 4) is 0 Å². The van der Waals surface area contributed by atoms with Crippen molar-refractivity contribution in [2.75, 3.05) is 11.6 Å². The normalized spacial score (nSPS) is 20.8. The van der Waals surface area contributed by atoms with E-state index in [0.29, 0.717) is 13.0 Å². The maximum Gasteiger partial charge on any atom is 0.240 e. The van der Waals surface area contributed by atoms with E-state index >= 15 is 0 Å². The molecule has 1 atom stereocenters. The molecular weight excluding hydrogens is 192 g/mol. The fourth-order valence-corrected chi connectivity index (χ4v) is 1.86. The number of carbonyl (C=O) groups excluding carboxylic acids is 1. The molecule has 1 heterocycles. The van der Waals surface area contributed by atoms with Gasteiger partial charge in [0.05, 0.1) is 5.69 Å². The number of hydrazine groups is 1. The van der Waals surface area contributed by atoms with Gasteiger partial charge in [-0.1, -0.05) is 18.2 Å². The number of rotatable bonds is 1. The van der Waals surface area contributed by atoms with Crippen LogP contribution in [0.15, 0.2) is 30.3 Å². The van der Waals surface area contributed by atoms with Crippen molar-refractivity contribution in [2.45, 2.75) is 19.6 Å². The van der Waals surface area contributed by atoms with Gasteiger partial charge in [-0.3, -0.25) is 9.80 Å². The average Bonchev–Trinajstić information content (AvgIpc) is 2.61. The highest BCUT2D eigenvalue weighted by Gasteiger charge is 2.32. The van der Waals surface area contributed by atoms with Crippen molar-refractivity contribution in [1.29, 1.82) is 0 Å². The molecular formula is C11H14N2O2. The van der Waals surface area contributed by atoms with Gasteiger partial charge in [0.2, 0.25) is 5.91 Å². The zero-order chi connectivity index (χ0) is 10.8. The number of hydrogen-bond acceptors (Lipinski definition) is 3. The highest BCUT2D eigenvalue weighted by Crippen LogP contribution is 2.24. The number of benzene rings is 1. The molecule has 0 bridgehead atoms. The Kier molecular flexibility index (Phi) is 2.60. The lowest BCUT2D eigenvalue weighted by Gasteiger charge is -2.30. The summed E-state index contributed by atoms with van der Waals surface area (Å²) in [6, 6.07) is 9.60. The maximum atomic E-state index is 11.4. The second kappa shape index (κ2) is 3.90. The standard InChI is InChI=1S/C11H14N2O2/c1-9(14)13-11(15)7-8-12(13)10-5-3-2-4-6-10/h2-6,11,15H,7-8H2,1H3/t11-/m1/s1. The Bertz CT molecular complexity index is 353. The number of anilines is 1. The van der Waals surface area contributed by atoms with E-state index in [-0.39, 0.29) is 5.91 Å². The molecule has 0 saturated carbocycles. The summed E-state index contributed by atoms with van der Waals surface area (Å²) in [4.78, 5) is 11.4. The van der Waals surface area contributed by atoms with Crippen LogP contribution >= 0.6 is 0 Å². The van der Waals surface area contributed by atoms with Crippen molar-refractivity contribution in [3.05, 3.63) is 30.3 Å². The summed E-state index contributed by atoms with van der Waals surface area (Å²) >= 11 is 0. The Morgan fingerprint density at radius 2 is 2.07 bits per heavy atom. The minimum atomic E-state index is -0.692. The van der Waals surface area contributed by atoms with E-state index in [2.05, 4.69) is 0 Å². The lowest BCUT2D eigenvalue weighted by molar-refractivity contribution is -0.136. The van der Waals surface area contributed by atoms with E-state index in [1.807, 2.05) is 35.3 Å². The first-order chi connectivity index (χ1) is 7.20. The van der Waals surface area contributed by atoms with Gasteiger partial charge in [0.15, 0.2) is 0 Å². The first-order valence-electron chi connectivity index (χ1n) is 5.00. The second-order valence-electron chi connectivity index (χ2n) is 3.59. The molecule has 4 heteroatoms. The van der Waals surface area contributed by atoms with Gasteiger partial charge in [-0.15, -0.1) is 0 Å². The zero-order valence-corrected chi connectivity index (χ0v) is 8.63. The molecule has 1 aliphatic rings. The predicted molar refractivity (Wildman–Crippen MR) is 56.9 cm³/mol. The van der Waals surface area contributed by atoms with Crippen LogP contribution in [-0.4, -0.2) is 28.8 Å². The highest BCUT2D eigenvalue weighted by atomic mass is 16.3. The van der Waals surface area contributed by atoms with E-state index < -0.39 is 6.23 Å². The molecule has 0 spiro atoms. The Hall–Kier alpha value is -1.55. The van der Waals surface area contributed by atoms with Crippen LogP contribution in [0.5, 0.6) is 0 Å². The van der Waals surface area contributed by atoms with Gasteiger partial charge in [0, 0.05) is 19.9 Å². The Balaban J connectivity index is 2.26. The summed E-state index contributed by atoms with van der Waals surface area (Å²) in [6.07, 6.45) is -0.100. The summed E-state index contributed by atoms with van der Waals surface area (Å²) in [5.41, 5.74) is 0.934. The monoisotopic (exact) mass is 206 g/mol. The average molecular weight is 206 g/mol. The number of aliphatic hydroxyl groups is 1. The van der Waals surface area contributed by atoms with E-state index in [1.165, 1.54) is 11.9 Å². The SMILES string of the molecule is CC(=O)N1[C@H](O)CCN1c1ccccc1. The van der Waals surface area contributed by atoms with Crippen molar-refractivity contribution in [2.24, 2.45) is 0 Å². The molecule has 4 nitrogen and oxygen atoms in total. The third kappa shape index (κ3) is 1.80. The molecule has 15 heavy (non-hydrogen) atoms. The van der Waals surface area contributed by atoms with Crippen molar-refractivity contribution < 1.29 is 9.90 Å². The summed E-state index contributed by atoms with van der Waals surface area (Å²) in [5, 5.41) is 12.9. The van der Waals surface area contributed by atoms with Crippen molar-refractivity contribution >= 4 is 11.6 Å². The number of amides is 1. The van der Waals surface area contributed by atoms with Gasteiger partial charge in [-0.2, -0.15) is 0 Å². The maximum absolute atomic E-state index is 11.4. The number of aliphatic hydroxyl groups excluding tert-OH is 1. The molecule has 1 aliphatic heterocycles. The summed E-state index contributed by atoms with van der Waals surface area (Å²) in [7, 11) is 0. The van der Waals surface area contributed by atoms with Crippen LogP contribution in [0.1, 0.15) is 13.3 Å². The highest BCUT2D eigenvalue weighted by molar-refractivity contribution is 5.76. The van der Waals surface area contributed by atoms with Gasteiger partial charge in [0.25, 0.3) is 0 Å². The topological polar surface area (TPSA) is 43.8 Å². The van der Waals surface area contributed by atoms with Gasteiger partial charge in [-0.05, 0) is 12.1 Å². The van der Waals surface area contributed by atoms with Crippen molar-refractivity contribution in [1.82, 2.24) is 5.01 Å². The van der Waals surface area contributed by atoms with Crippen LogP contribution in [0.4, 0.5) is 5.69 Å². The fourth-order valence-electron chi connectivity index (χ4n) is 1.86. The lowest BCUT2D eigenvalue weighted by Crippen LogP contribution is -2.44. The molecule has 1 fully saturated rings. The summed E-state index contributed by atoms with van der Waals surface area (Å²) in [5.74, 6) is -0.135. The molecule has 0 unspecified atom stereocenters. The van der Waals surface area contributed by atoms with Crippen LogP contribution in [0.25, 0.3) is 0 Å². The number of hydrogen-bond donors (Lipinski definition) is 1. The Morgan fingerprint density at radius 3 is 2.67 bits per heavy atom. The van der Waals surface area contributed by atoms with Crippen LogP contribution in [0.2, 0.25) is 0 Å². The van der Waals surface area contributed by atoms with Gasteiger partial charge in [-0.25, -0.2) is 5.01 Å². The van der Waals surface area contributed by atoms with E-state index in [4.69, 9.17) is 0 Å². The first kappa shape index (κ1) is 9.98. The van der Waals surface area contributed by atoms with E-state index in [0.717, 1.165) is 5.69 Å². The fraction of sp³-hybridized carbons (Fsp3) is 0.364. The van der Waals surface area contributed by atoms with Crippen LogP contribution < -0.4 is 5.01 Å².